The number of rotatable bonds is 19. The van der Waals surface area contributed by atoms with Crippen LogP contribution in [0.3, 0.4) is 0 Å². The Balaban J connectivity index is 1.82. The van der Waals surface area contributed by atoms with Crippen LogP contribution in [0, 0.1) is 6.92 Å². The van der Waals surface area contributed by atoms with Gasteiger partial charge in [-0.25, -0.2) is 4.79 Å². The highest BCUT2D eigenvalue weighted by Crippen LogP contribution is 2.13. The van der Waals surface area contributed by atoms with Gasteiger partial charge in [0.15, 0.2) is 0 Å². The lowest BCUT2D eigenvalue weighted by atomic mass is 10.2. The van der Waals surface area contributed by atoms with Gasteiger partial charge >= 0.3 is 6.09 Å². The Bertz CT molecular complexity index is 791. The fourth-order valence-corrected chi connectivity index (χ4v) is 3.68. The van der Waals surface area contributed by atoms with Gasteiger partial charge in [-0.3, -0.25) is 4.18 Å². The molecule has 0 aliphatic carbocycles. The largest absolute Gasteiger partial charge is 0.444 e. The number of aryl methyl sites for hydroxylation is 1. The van der Waals surface area contributed by atoms with E-state index in [0.717, 1.165) is 37.7 Å². The van der Waals surface area contributed by atoms with Gasteiger partial charge in [-0.05, 0) is 71.9 Å². The molecule has 0 spiro atoms. The van der Waals surface area contributed by atoms with Crippen molar-refractivity contribution in [1.82, 2.24) is 5.32 Å². The molecule has 0 saturated carbocycles. The van der Waals surface area contributed by atoms with Crippen LogP contribution in [0.25, 0.3) is 0 Å². The molecule has 1 N–H and O–H groups in total. The molecule has 9 nitrogen and oxygen atoms in total. The summed E-state index contributed by atoms with van der Waals surface area (Å²) in [5.41, 5.74) is 0.510. The zero-order valence-electron chi connectivity index (χ0n) is 21.7. The number of nitrogens with one attached hydrogen (secondary N) is 1. The van der Waals surface area contributed by atoms with Crippen molar-refractivity contribution in [2.45, 2.75) is 70.3 Å². The molecule has 0 saturated heterocycles. The van der Waals surface area contributed by atoms with E-state index in [2.05, 4.69) is 5.32 Å². The van der Waals surface area contributed by atoms with Crippen LogP contribution < -0.4 is 5.32 Å². The summed E-state index contributed by atoms with van der Waals surface area (Å²) in [6.45, 7) is 11.3. The van der Waals surface area contributed by atoms with E-state index < -0.39 is 15.7 Å². The molecule has 0 atom stereocenters. The second kappa shape index (κ2) is 17.7. The Morgan fingerprint density at radius 2 is 1.29 bits per heavy atom. The van der Waals surface area contributed by atoms with Crippen LogP contribution >= 0.6 is 0 Å². The average Bonchev–Trinajstić information content (AvgIpc) is 2.77. The number of ether oxygens (including phenoxy) is 4. The van der Waals surface area contributed by atoms with Crippen LogP contribution in [0.1, 0.15) is 58.4 Å². The molecule has 0 radical (unpaired) electrons. The molecule has 0 aliphatic heterocycles. The van der Waals surface area contributed by atoms with Crippen LogP contribution in [-0.4, -0.2) is 72.9 Å². The highest BCUT2D eigenvalue weighted by molar-refractivity contribution is 7.86. The van der Waals surface area contributed by atoms with Gasteiger partial charge in [-0.2, -0.15) is 8.42 Å². The standard InChI is InChI=1S/C25H43NO8S/c1-22-10-12-23(13-11-22)35(28,29)33-21-20-32-17-8-7-16-31-19-9-18-30-15-6-5-14-26-24(27)34-25(2,3)4/h10-13H,5-9,14-21H2,1-4H3,(H,26,27). The molecule has 0 fully saturated rings. The molecule has 202 valence electrons. The number of hydrogen-bond donors (Lipinski definition) is 1. The van der Waals surface area contributed by atoms with Crippen LogP contribution in [0.4, 0.5) is 4.79 Å². The number of alkyl carbamates (subject to hydrolysis) is 1. The summed E-state index contributed by atoms with van der Waals surface area (Å²) >= 11 is 0. The Hall–Kier alpha value is -1.72. The molecule has 10 heteroatoms. The third-order valence-corrected chi connectivity index (χ3v) is 5.89. The molecule has 1 aromatic carbocycles. The van der Waals surface area contributed by atoms with Crippen molar-refractivity contribution < 1.29 is 36.3 Å². The zero-order valence-corrected chi connectivity index (χ0v) is 22.5. The van der Waals surface area contributed by atoms with Gasteiger partial charge in [0.1, 0.15) is 5.60 Å². The Morgan fingerprint density at radius 1 is 0.771 bits per heavy atom. The number of carbonyl (C=O) groups is 1. The molecule has 0 aliphatic rings. The minimum absolute atomic E-state index is 0.00698. The predicted molar refractivity (Wildman–Crippen MR) is 134 cm³/mol. The summed E-state index contributed by atoms with van der Waals surface area (Å²) in [4.78, 5) is 11.6. The minimum atomic E-state index is -3.74. The third kappa shape index (κ3) is 17.4. The maximum atomic E-state index is 12.0. The van der Waals surface area contributed by atoms with Crippen LogP contribution in [-0.2, 0) is 33.2 Å². The van der Waals surface area contributed by atoms with E-state index in [1.165, 1.54) is 12.1 Å². The van der Waals surface area contributed by atoms with Crippen molar-refractivity contribution >= 4 is 16.2 Å². The van der Waals surface area contributed by atoms with E-state index in [4.69, 9.17) is 23.1 Å². The van der Waals surface area contributed by atoms with Gasteiger partial charge < -0.3 is 24.3 Å². The zero-order chi connectivity index (χ0) is 26.0. The summed E-state index contributed by atoms with van der Waals surface area (Å²) in [5.74, 6) is 0. The monoisotopic (exact) mass is 517 g/mol. The number of benzene rings is 1. The maximum absolute atomic E-state index is 12.0. The maximum Gasteiger partial charge on any atom is 0.407 e. The van der Waals surface area contributed by atoms with E-state index in [0.29, 0.717) is 39.6 Å². The second-order valence-corrected chi connectivity index (χ2v) is 10.7. The third-order valence-electron chi connectivity index (χ3n) is 4.56. The van der Waals surface area contributed by atoms with Crippen LogP contribution in [0.5, 0.6) is 0 Å². The molecule has 0 aromatic heterocycles. The molecule has 1 amide bonds. The summed E-state index contributed by atoms with van der Waals surface area (Å²) in [6.07, 6.45) is 3.86. The van der Waals surface area contributed by atoms with Gasteiger partial charge in [-0.1, -0.05) is 17.7 Å². The van der Waals surface area contributed by atoms with Crippen molar-refractivity contribution in [2.75, 3.05) is 52.8 Å². The van der Waals surface area contributed by atoms with Gasteiger partial charge in [0.2, 0.25) is 0 Å². The molecule has 0 unspecified atom stereocenters. The average molecular weight is 518 g/mol. The molecule has 0 bridgehead atoms. The smallest absolute Gasteiger partial charge is 0.407 e. The van der Waals surface area contributed by atoms with Gasteiger partial charge in [0.25, 0.3) is 10.1 Å². The number of amides is 1. The van der Waals surface area contributed by atoms with E-state index in [9.17, 15) is 13.2 Å². The summed E-state index contributed by atoms with van der Waals surface area (Å²) in [5, 5.41) is 2.73. The van der Waals surface area contributed by atoms with Crippen molar-refractivity contribution in [1.29, 1.82) is 0 Å². The number of unbranched alkanes of at least 4 members (excludes halogenated alkanes) is 2. The highest BCUT2D eigenvalue weighted by atomic mass is 32.2. The van der Waals surface area contributed by atoms with Crippen LogP contribution in [0.15, 0.2) is 29.2 Å². The minimum Gasteiger partial charge on any atom is -0.444 e. The van der Waals surface area contributed by atoms with Gasteiger partial charge in [0, 0.05) is 39.6 Å². The topological polar surface area (TPSA) is 109 Å². The van der Waals surface area contributed by atoms with E-state index >= 15 is 0 Å². The molecular formula is C25H43NO8S. The van der Waals surface area contributed by atoms with Crippen molar-refractivity contribution in [3.63, 3.8) is 0 Å². The fourth-order valence-electron chi connectivity index (χ4n) is 2.79. The van der Waals surface area contributed by atoms with Gasteiger partial charge in [0.05, 0.1) is 18.1 Å². The number of carbonyl (C=O) groups excluding carboxylic acids is 1. The molecule has 1 rings (SSSR count). The first-order chi connectivity index (χ1) is 16.6. The SMILES string of the molecule is Cc1ccc(S(=O)(=O)OCCOCCCCOCCCOCCCCNC(=O)OC(C)(C)C)cc1. The van der Waals surface area contributed by atoms with E-state index in [-0.39, 0.29) is 24.2 Å². The summed E-state index contributed by atoms with van der Waals surface area (Å²) in [7, 11) is -3.74. The van der Waals surface area contributed by atoms with Gasteiger partial charge in [-0.15, -0.1) is 0 Å². The predicted octanol–water partition coefficient (Wildman–Crippen LogP) is 4.23. The lowest BCUT2D eigenvalue weighted by Crippen LogP contribution is -2.33. The van der Waals surface area contributed by atoms with Crippen molar-refractivity contribution in [2.24, 2.45) is 0 Å². The van der Waals surface area contributed by atoms with Crippen molar-refractivity contribution in [3.8, 4) is 0 Å². The first-order valence-corrected chi connectivity index (χ1v) is 13.7. The molecule has 0 heterocycles. The summed E-state index contributed by atoms with van der Waals surface area (Å²) in [6, 6.07) is 6.54. The van der Waals surface area contributed by atoms with Crippen LogP contribution in [0.2, 0.25) is 0 Å². The second-order valence-electron chi connectivity index (χ2n) is 9.12. The quantitative estimate of drug-likeness (QED) is 0.215. The molecular weight excluding hydrogens is 474 g/mol. The lowest BCUT2D eigenvalue weighted by Gasteiger charge is -2.19. The van der Waals surface area contributed by atoms with E-state index in [1.807, 2.05) is 27.7 Å². The molecule has 35 heavy (non-hydrogen) atoms. The normalized spacial score (nSPS) is 12.0. The lowest BCUT2D eigenvalue weighted by molar-refractivity contribution is 0.0521. The first kappa shape index (κ1) is 31.3. The Morgan fingerprint density at radius 3 is 1.86 bits per heavy atom. The first-order valence-electron chi connectivity index (χ1n) is 12.3. The summed E-state index contributed by atoms with van der Waals surface area (Å²) < 4.78 is 50.8. The Labute approximate surface area is 210 Å². The highest BCUT2D eigenvalue weighted by Gasteiger charge is 2.15. The fraction of sp³-hybridized carbons (Fsp3) is 0.720. The number of hydrogen-bond acceptors (Lipinski definition) is 8. The van der Waals surface area contributed by atoms with E-state index in [1.54, 1.807) is 12.1 Å². The van der Waals surface area contributed by atoms with Crippen molar-refractivity contribution in [3.05, 3.63) is 29.8 Å². The Kier molecular flexibility index (Phi) is 15.8. The molecule has 1 aromatic rings.